The van der Waals surface area contributed by atoms with E-state index in [0.29, 0.717) is 26.2 Å². The number of piperazine rings is 1. The largest absolute Gasteiger partial charge is 0.435 e. The van der Waals surface area contributed by atoms with Gasteiger partial charge in [0.15, 0.2) is 11.5 Å². The van der Waals surface area contributed by atoms with Crippen LogP contribution in [0.1, 0.15) is 52.0 Å². The van der Waals surface area contributed by atoms with Crippen molar-refractivity contribution in [3.8, 4) is 11.3 Å². The zero-order valence-corrected chi connectivity index (χ0v) is 23.4. The zero-order chi connectivity index (χ0) is 29.8. The van der Waals surface area contributed by atoms with Crippen molar-refractivity contribution in [1.29, 1.82) is 0 Å². The van der Waals surface area contributed by atoms with Crippen LogP contribution in [0.25, 0.3) is 11.3 Å². The highest BCUT2D eigenvalue weighted by molar-refractivity contribution is 6.34. The highest BCUT2D eigenvalue weighted by Crippen LogP contribution is 2.41. The molecule has 15 heteroatoms. The Kier molecular flexibility index (Phi) is 7.21. The molecule has 4 heterocycles. The molecule has 0 spiro atoms. The number of benzene rings is 1. The molecule has 2 aromatic heterocycles. The van der Waals surface area contributed by atoms with E-state index < -0.39 is 17.8 Å². The fourth-order valence-electron chi connectivity index (χ4n) is 5.16. The number of carbonyl (C=O) groups is 3. The van der Waals surface area contributed by atoms with Gasteiger partial charge >= 0.3 is 6.18 Å². The van der Waals surface area contributed by atoms with Gasteiger partial charge in [0.2, 0.25) is 5.91 Å². The Morgan fingerprint density at radius 2 is 1.76 bits per heavy atom. The van der Waals surface area contributed by atoms with Gasteiger partial charge in [-0.15, -0.1) is 0 Å². The van der Waals surface area contributed by atoms with Crippen LogP contribution in [-0.2, 0) is 18.0 Å². The van der Waals surface area contributed by atoms with E-state index in [2.05, 4.69) is 20.7 Å². The van der Waals surface area contributed by atoms with Crippen LogP contribution < -0.4 is 10.6 Å². The Labute approximate surface area is 243 Å². The van der Waals surface area contributed by atoms with E-state index in [1.807, 2.05) is 0 Å². The van der Waals surface area contributed by atoms with Crippen molar-refractivity contribution < 1.29 is 27.6 Å². The van der Waals surface area contributed by atoms with Crippen LogP contribution in [0.4, 0.5) is 18.9 Å². The first-order valence-corrected chi connectivity index (χ1v) is 14.0. The second-order valence-corrected chi connectivity index (χ2v) is 11.1. The zero-order valence-electron chi connectivity index (χ0n) is 22.6. The van der Waals surface area contributed by atoms with E-state index in [1.54, 1.807) is 9.80 Å². The van der Waals surface area contributed by atoms with Crippen LogP contribution >= 0.6 is 11.6 Å². The predicted octanol–water partition coefficient (Wildman–Crippen LogP) is 3.19. The van der Waals surface area contributed by atoms with Crippen LogP contribution in [0, 0.1) is 0 Å². The number of carbonyl (C=O) groups excluding carboxylic acids is 3. The Bertz CT molecular complexity index is 1550. The summed E-state index contributed by atoms with van der Waals surface area (Å²) in [5.41, 5.74) is -0.545. The summed E-state index contributed by atoms with van der Waals surface area (Å²) in [4.78, 5) is 46.0. The Hall–Kier alpha value is -3.91. The third kappa shape index (κ3) is 5.36. The summed E-state index contributed by atoms with van der Waals surface area (Å²) < 4.78 is 43.7. The minimum absolute atomic E-state index is 0.0560. The number of anilines is 1. The molecule has 3 fully saturated rings. The molecule has 1 unspecified atom stereocenters. The van der Waals surface area contributed by atoms with Crippen molar-refractivity contribution in [3.05, 3.63) is 52.7 Å². The molecule has 3 aromatic rings. The monoisotopic (exact) mass is 604 g/mol. The van der Waals surface area contributed by atoms with Gasteiger partial charge in [0.05, 0.1) is 40.1 Å². The fraction of sp³-hybridized carbons (Fsp3) is 0.444. The van der Waals surface area contributed by atoms with Crippen LogP contribution in [0.15, 0.2) is 30.6 Å². The number of nitrogens with one attached hydrogen (secondary N) is 2. The van der Waals surface area contributed by atoms with Crippen LogP contribution in [0.2, 0.25) is 5.02 Å². The van der Waals surface area contributed by atoms with Gasteiger partial charge in [0.1, 0.15) is 0 Å². The molecule has 0 radical (unpaired) electrons. The lowest BCUT2D eigenvalue weighted by Crippen LogP contribution is -2.58. The molecule has 2 N–H and O–H groups in total. The number of hydrogen-bond donors (Lipinski definition) is 2. The third-order valence-corrected chi connectivity index (χ3v) is 8.16. The molecule has 6 rings (SSSR count). The van der Waals surface area contributed by atoms with Crippen molar-refractivity contribution in [2.75, 3.05) is 38.0 Å². The molecule has 3 amide bonds. The maximum absolute atomic E-state index is 13.7. The number of aromatic nitrogens is 4. The molecular weight excluding hydrogens is 577 g/mol. The molecule has 1 saturated carbocycles. The lowest BCUT2D eigenvalue weighted by molar-refractivity contribution is -0.141. The average Bonchev–Trinajstić information content (AvgIpc) is 3.55. The molecular formula is C27H28ClF3N8O3. The van der Waals surface area contributed by atoms with Gasteiger partial charge in [-0.25, -0.2) is 4.98 Å². The molecule has 222 valence electrons. The first-order chi connectivity index (χ1) is 20.0. The summed E-state index contributed by atoms with van der Waals surface area (Å²) in [6.07, 6.45) is 0.237. The molecule has 1 aliphatic carbocycles. The number of hydrogen-bond acceptors (Lipinski definition) is 6. The first kappa shape index (κ1) is 28.2. The van der Waals surface area contributed by atoms with E-state index in [0.717, 1.165) is 25.8 Å². The fourth-order valence-corrected chi connectivity index (χ4v) is 5.42. The van der Waals surface area contributed by atoms with E-state index in [9.17, 15) is 27.6 Å². The summed E-state index contributed by atoms with van der Waals surface area (Å²) in [6, 6.07) is 4.26. The summed E-state index contributed by atoms with van der Waals surface area (Å²) in [7, 11) is 1.46. The first-order valence-electron chi connectivity index (χ1n) is 13.6. The Morgan fingerprint density at radius 3 is 2.36 bits per heavy atom. The number of amides is 3. The van der Waals surface area contributed by atoms with Crippen molar-refractivity contribution >= 4 is 35.0 Å². The van der Waals surface area contributed by atoms with Gasteiger partial charge in [0.25, 0.3) is 11.8 Å². The quantitative estimate of drug-likeness (QED) is 0.446. The van der Waals surface area contributed by atoms with E-state index in [4.69, 9.17) is 11.6 Å². The second-order valence-electron chi connectivity index (χ2n) is 10.7. The number of imidazole rings is 1. The molecule has 3 aliphatic rings. The molecule has 2 saturated heterocycles. The maximum Gasteiger partial charge on any atom is 0.435 e. The third-order valence-electron chi connectivity index (χ3n) is 7.85. The highest BCUT2D eigenvalue weighted by Gasteiger charge is 2.40. The summed E-state index contributed by atoms with van der Waals surface area (Å²) in [5.74, 6) is -1.00. The van der Waals surface area contributed by atoms with Gasteiger partial charge in [0, 0.05) is 45.1 Å². The van der Waals surface area contributed by atoms with Crippen molar-refractivity contribution in [2.24, 2.45) is 7.05 Å². The van der Waals surface area contributed by atoms with E-state index >= 15 is 0 Å². The second kappa shape index (κ2) is 10.7. The molecule has 1 atom stereocenters. The van der Waals surface area contributed by atoms with Crippen LogP contribution in [-0.4, -0.2) is 85.6 Å². The lowest BCUT2D eigenvalue weighted by Gasteiger charge is -2.38. The topological polar surface area (TPSA) is 117 Å². The van der Waals surface area contributed by atoms with Crippen molar-refractivity contribution in [2.45, 2.75) is 37.5 Å². The van der Waals surface area contributed by atoms with Crippen molar-refractivity contribution in [3.63, 3.8) is 0 Å². The maximum atomic E-state index is 13.7. The SMILES string of the molecule is Cn1c(-c2cn(C3CC3)nc2C(F)(F)F)cnc1C(=O)Nc1ccc(C(=O)N2CCN(C(=O)C3CCN3)CC2)c(Cl)c1. The minimum atomic E-state index is -4.67. The normalized spacial score (nSPS) is 19.0. The summed E-state index contributed by atoms with van der Waals surface area (Å²) in [5, 5.41) is 9.62. The van der Waals surface area contributed by atoms with Gasteiger partial charge in [-0.05, 0) is 44.0 Å². The summed E-state index contributed by atoms with van der Waals surface area (Å²) >= 11 is 6.42. The van der Waals surface area contributed by atoms with Crippen LogP contribution in [0.3, 0.4) is 0 Å². The molecule has 42 heavy (non-hydrogen) atoms. The number of alkyl halides is 3. The highest BCUT2D eigenvalue weighted by atomic mass is 35.5. The molecule has 1 aromatic carbocycles. The predicted molar refractivity (Wildman–Crippen MR) is 146 cm³/mol. The van der Waals surface area contributed by atoms with Crippen LogP contribution in [0.5, 0.6) is 0 Å². The molecule has 0 bridgehead atoms. The van der Waals surface area contributed by atoms with Gasteiger partial charge in [-0.2, -0.15) is 18.3 Å². The summed E-state index contributed by atoms with van der Waals surface area (Å²) in [6.45, 7) is 2.46. The minimum Gasteiger partial charge on any atom is -0.338 e. The van der Waals surface area contributed by atoms with E-state index in [-0.39, 0.29) is 57.3 Å². The molecule has 11 nitrogen and oxygen atoms in total. The Morgan fingerprint density at radius 1 is 1.07 bits per heavy atom. The van der Waals surface area contributed by atoms with Gasteiger partial charge in [-0.3, -0.25) is 19.1 Å². The number of nitrogens with zero attached hydrogens (tertiary/aromatic N) is 6. The van der Waals surface area contributed by atoms with Gasteiger partial charge in [-0.1, -0.05) is 11.6 Å². The van der Waals surface area contributed by atoms with E-state index in [1.165, 1.54) is 46.9 Å². The Balaban J connectivity index is 1.12. The average molecular weight is 605 g/mol. The molecule has 2 aliphatic heterocycles. The number of halogens is 4. The number of rotatable bonds is 6. The smallest absolute Gasteiger partial charge is 0.338 e. The standard InChI is InChI=1S/C27H28ClF3N8O3/c1-36-21(18-14-39(16-3-4-16)35-22(18)27(29,30)31)13-33-23(36)24(40)34-15-2-5-17(19(28)12-15)25(41)37-8-10-38(11-9-37)26(42)20-6-7-32-20/h2,5,12-14,16,20,32H,3-4,6-11H2,1H3,(H,34,40). The van der Waals surface area contributed by atoms with Crippen molar-refractivity contribution in [1.82, 2.24) is 34.4 Å². The lowest BCUT2D eigenvalue weighted by atomic mass is 10.1. The van der Waals surface area contributed by atoms with Gasteiger partial charge < -0.3 is 25.0 Å².